The van der Waals surface area contributed by atoms with Crippen molar-refractivity contribution in [2.45, 2.75) is 13.5 Å². The molecule has 3 aromatic carbocycles. The van der Waals surface area contributed by atoms with Crippen LogP contribution in [-0.2, 0) is 20.9 Å². The van der Waals surface area contributed by atoms with Gasteiger partial charge < -0.3 is 15.4 Å². The molecular weight excluding hydrogens is 482 g/mol. The summed E-state index contributed by atoms with van der Waals surface area (Å²) >= 11 is 6.19. The number of benzene rings is 3. The number of nitrogens with one attached hydrogen (secondary N) is 2. The highest BCUT2D eigenvalue weighted by atomic mass is 35.5. The molecule has 3 aromatic rings. The molecule has 0 atom stereocenters. The zero-order valence-electron chi connectivity index (χ0n) is 19.3. The van der Waals surface area contributed by atoms with Crippen LogP contribution >= 0.6 is 11.6 Å². The van der Waals surface area contributed by atoms with E-state index in [9.17, 15) is 19.2 Å². The van der Waals surface area contributed by atoms with E-state index < -0.39 is 17.8 Å². The molecule has 0 saturated heterocycles. The van der Waals surface area contributed by atoms with Gasteiger partial charge in [-0.2, -0.15) is 0 Å². The number of hydrogen-bond acceptors (Lipinski definition) is 6. The Bertz CT molecular complexity index is 1340. The molecule has 9 heteroatoms. The molecule has 3 amide bonds. The van der Waals surface area contributed by atoms with Gasteiger partial charge in [0.1, 0.15) is 10.7 Å². The number of imide groups is 1. The van der Waals surface area contributed by atoms with Crippen molar-refractivity contribution in [1.82, 2.24) is 5.32 Å². The third-order valence-electron chi connectivity index (χ3n) is 5.38. The van der Waals surface area contributed by atoms with E-state index in [4.69, 9.17) is 16.3 Å². The fourth-order valence-electron chi connectivity index (χ4n) is 3.54. The minimum absolute atomic E-state index is 0.0857. The highest BCUT2D eigenvalue weighted by Crippen LogP contribution is 2.30. The van der Waals surface area contributed by atoms with Gasteiger partial charge in [-0.05, 0) is 61.0 Å². The third-order valence-corrected chi connectivity index (χ3v) is 5.73. The van der Waals surface area contributed by atoms with E-state index in [1.807, 2.05) is 30.3 Å². The SMILES string of the molecule is CCOC(=O)c1ccc(N2C(=O)C(Cl)=C(Nc3ccc(C(=O)NCc4ccccc4)cc3)C2=O)cc1. The summed E-state index contributed by atoms with van der Waals surface area (Å²) in [5.74, 6) is -2.07. The maximum Gasteiger partial charge on any atom is 0.338 e. The molecule has 0 bridgehead atoms. The third kappa shape index (κ3) is 5.29. The second kappa shape index (κ2) is 10.9. The lowest BCUT2D eigenvalue weighted by atomic mass is 10.1. The Morgan fingerprint density at radius 1 is 0.861 bits per heavy atom. The van der Waals surface area contributed by atoms with E-state index >= 15 is 0 Å². The van der Waals surface area contributed by atoms with Crippen molar-refractivity contribution in [2.24, 2.45) is 0 Å². The zero-order valence-corrected chi connectivity index (χ0v) is 20.0. The normalized spacial score (nSPS) is 13.1. The Labute approximate surface area is 212 Å². The first-order valence-electron chi connectivity index (χ1n) is 11.1. The van der Waals surface area contributed by atoms with Crippen LogP contribution < -0.4 is 15.5 Å². The van der Waals surface area contributed by atoms with Gasteiger partial charge in [0.05, 0.1) is 17.9 Å². The summed E-state index contributed by atoms with van der Waals surface area (Å²) in [6.07, 6.45) is 0. The molecule has 1 heterocycles. The molecular formula is C27H22ClN3O5. The summed E-state index contributed by atoms with van der Waals surface area (Å²) in [6.45, 7) is 2.33. The smallest absolute Gasteiger partial charge is 0.338 e. The molecule has 8 nitrogen and oxygen atoms in total. The van der Waals surface area contributed by atoms with Crippen LogP contribution in [0.15, 0.2) is 89.6 Å². The van der Waals surface area contributed by atoms with Crippen molar-refractivity contribution in [2.75, 3.05) is 16.8 Å². The summed E-state index contributed by atoms with van der Waals surface area (Å²) in [7, 11) is 0. The standard InChI is InChI=1S/C27H22ClN3O5/c1-2-36-27(35)19-10-14-21(15-11-19)31-25(33)22(28)23(26(31)34)30-20-12-8-18(9-13-20)24(32)29-16-17-6-4-3-5-7-17/h3-15,30H,2,16H2,1H3,(H,29,32). The van der Waals surface area contributed by atoms with Crippen molar-refractivity contribution in [3.05, 3.63) is 106 Å². The predicted molar refractivity (Wildman–Crippen MR) is 135 cm³/mol. The van der Waals surface area contributed by atoms with Crippen LogP contribution in [0.3, 0.4) is 0 Å². The Kier molecular flexibility index (Phi) is 7.46. The van der Waals surface area contributed by atoms with Crippen molar-refractivity contribution < 1.29 is 23.9 Å². The molecule has 0 radical (unpaired) electrons. The molecule has 0 aromatic heterocycles. The molecule has 0 spiro atoms. The number of nitrogens with zero attached hydrogens (tertiary/aromatic N) is 1. The van der Waals surface area contributed by atoms with E-state index in [0.29, 0.717) is 23.4 Å². The van der Waals surface area contributed by atoms with Crippen LogP contribution in [0.1, 0.15) is 33.2 Å². The average Bonchev–Trinajstić information content (AvgIpc) is 3.11. The monoisotopic (exact) mass is 503 g/mol. The summed E-state index contributed by atoms with van der Waals surface area (Å²) in [4.78, 5) is 50.9. The first-order valence-corrected chi connectivity index (χ1v) is 11.5. The molecule has 0 saturated carbocycles. The number of rotatable bonds is 8. The zero-order chi connectivity index (χ0) is 25.7. The first-order chi connectivity index (χ1) is 17.4. The van der Waals surface area contributed by atoms with Crippen molar-refractivity contribution in [3.8, 4) is 0 Å². The Hall–Kier alpha value is -4.43. The fraction of sp³-hybridized carbons (Fsp3) is 0.111. The van der Waals surface area contributed by atoms with Gasteiger partial charge in [0.15, 0.2) is 0 Å². The quantitative estimate of drug-likeness (QED) is 0.352. The lowest BCUT2D eigenvalue weighted by Gasteiger charge is -2.15. The lowest BCUT2D eigenvalue weighted by Crippen LogP contribution is -2.32. The van der Waals surface area contributed by atoms with Gasteiger partial charge in [-0.3, -0.25) is 14.4 Å². The van der Waals surface area contributed by atoms with Crippen LogP contribution in [0.5, 0.6) is 0 Å². The number of hydrogen-bond donors (Lipinski definition) is 2. The highest BCUT2D eigenvalue weighted by molar-refractivity contribution is 6.53. The second-order valence-electron chi connectivity index (χ2n) is 7.77. The number of halogens is 1. The fourth-order valence-corrected chi connectivity index (χ4v) is 3.75. The lowest BCUT2D eigenvalue weighted by molar-refractivity contribution is -0.120. The largest absolute Gasteiger partial charge is 0.462 e. The van der Waals surface area contributed by atoms with Gasteiger partial charge in [0, 0.05) is 17.8 Å². The number of anilines is 2. The van der Waals surface area contributed by atoms with Crippen LogP contribution in [0.25, 0.3) is 0 Å². The van der Waals surface area contributed by atoms with Gasteiger partial charge in [-0.1, -0.05) is 41.9 Å². The Morgan fingerprint density at radius 3 is 2.14 bits per heavy atom. The van der Waals surface area contributed by atoms with Gasteiger partial charge in [-0.15, -0.1) is 0 Å². The maximum absolute atomic E-state index is 13.0. The van der Waals surface area contributed by atoms with Gasteiger partial charge in [-0.25, -0.2) is 9.69 Å². The van der Waals surface area contributed by atoms with Gasteiger partial charge >= 0.3 is 5.97 Å². The first kappa shape index (κ1) is 24.7. The molecule has 0 unspecified atom stereocenters. The van der Waals surface area contributed by atoms with Crippen LogP contribution in [0, 0.1) is 0 Å². The minimum atomic E-state index is -0.690. The molecule has 0 aliphatic carbocycles. The molecule has 36 heavy (non-hydrogen) atoms. The average molecular weight is 504 g/mol. The van der Waals surface area contributed by atoms with E-state index in [1.54, 1.807) is 31.2 Å². The molecule has 0 fully saturated rings. The number of amides is 3. The summed E-state index contributed by atoms with van der Waals surface area (Å²) < 4.78 is 4.94. The summed E-state index contributed by atoms with van der Waals surface area (Å²) in [5.41, 5.74) is 2.37. The molecule has 2 N–H and O–H groups in total. The number of carbonyl (C=O) groups excluding carboxylic acids is 4. The Morgan fingerprint density at radius 2 is 1.50 bits per heavy atom. The number of esters is 1. The van der Waals surface area contributed by atoms with Crippen molar-refractivity contribution >= 4 is 46.7 Å². The van der Waals surface area contributed by atoms with E-state index in [1.165, 1.54) is 24.3 Å². The highest BCUT2D eigenvalue weighted by Gasteiger charge is 2.39. The van der Waals surface area contributed by atoms with Gasteiger partial charge in [0.2, 0.25) is 0 Å². The van der Waals surface area contributed by atoms with Crippen LogP contribution in [-0.4, -0.2) is 30.3 Å². The van der Waals surface area contributed by atoms with Crippen molar-refractivity contribution in [1.29, 1.82) is 0 Å². The van der Waals surface area contributed by atoms with Crippen LogP contribution in [0.2, 0.25) is 0 Å². The molecule has 1 aliphatic heterocycles. The van der Waals surface area contributed by atoms with Gasteiger partial charge in [0.25, 0.3) is 17.7 Å². The maximum atomic E-state index is 13.0. The number of ether oxygens (including phenoxy) is 1. The molecule has 182 valence electrons. The predicted octanol–water partition coefficient (Wildman–Crippen LogP) is 4.23. The summed E-state index contributed by atoms with van der Waals surface area (Å²) in [5, 5.41) is 5.45. The molecule has 4 rings (SSSR count). The minimum Gasteiger partial charge on any atom is -0.462 e. The van der Waals surface area contributed by atoms with E-state index in [0.717, 1.165) is 10.5 Å². The Balaban J connectivity index is 1.42. The molecule has 1 aliphatic rings. The second-order valence-corrected chi connectivity index (χ2v) is 8.15. The summed E-state index contributed by atoms with van der Waals surface area (Å²) in [6, 6.07) is 21.8. The number of carbonyl (C=O) groups is 4. The topological polar surface area (TPSA) is 105 Å². The van der Waals surface area contributed by atoms with E-state index in [-0.39, 0.29) is 28.9 Å². The van der Waals surface area contributed by atoms with E-state index in [2.05, 4.69) is 10.6 Å². The van der Waals surface area contributed by atoms with Crippen molar-refractivity contribution in [3.63, 3.8) is 0 Å². The van der Waals surface area contributed by atoms with Crippen LogP contribution in [0.4, 0.5) is 11.4 Å².